The van der Waals surface area contributed by atoms with Crippen LogP contribution in [0.1, 0.15) is 98.0 Å². The quantitative estimate of drug-likeness (QED) is 0.146. The first-order valence-electron chi connectivity index (χ1n) is 17.0. The lowest BCUT2D eigenvalue weighted by molar-refractivity contribution is -0.215. The molecular formula is C37H55FO5. The fourth-order valence-corrected chi connectivity index (χ4v) is 10.7. The van der Waals surface area contributed by atoms with Gasteiger partial charge < -0.3 is 14.2 Å². The van der Waals surface area contributed by atoms with Crippen molar-refractivity contribution < 1.29 is 28.2 Å². The third-order valence-corrected chi connectivity index (χ3v) is 13.2. The maximum atomic E-state index is 14.8. The van der Waals surface area contributed by atoms with E-state index in [1.807, 2.05) is 18.2 Å². The molecule has 4 fully saturated rings. The van der Waals surface area contributed by atoms with Gasteiger partial charge in [-0.2, -0.15) is 0 Å². The molecule has 6 heteroatoms. The van der Waals surface area contributed by atoms with Crippen LogP contribution in [0.5, 0.6) is 0 Å². The maximum absolute atomic E-state index is 14.8. The van der Waals surface area contributed by atoms with E-state index in [2.05, 4.69) is 34.6 Å². The van der Waals surface area contributed by atoms with Gasteiger partial charge in [0, 0.05) is 13.5 Å². The zero-order chi connectivity index (χ0) is 30.9. The third-order valence-electron chi connectivity index (χ3n) is 13.2. The van der Waals surface area contributed by atoms with Gasteiger partial charge in [0.25, 0.3) is 6.17 Å². The van der Waals surface area contributed by atoms with Gasteiger partial charge in [-0.05, 0) is 109 Å². The summed E-state index contributed by atoms with van der Waals surface area (Å²) < 4.78 is 31.9. The summed E-state index contributed by atoms with van der Waals surface area (Å²) in [6, 6.07) is 9.14. The molecule has 5 nitrogen and oxygen atoms in total. The Hall–Kier alpha value is -1.79. The number of carbonyl (C=O) groups excluding carboxylic acids is 2. The van der Waals surface area contributed by atoms with Gasteiger partial charge in [-0.25, -0.2) is 9.18 Å². The summed E-state index contributed by atoms with van der Waals surface area (Å²) in [5.41, 5.74) is 1.29. The molecule has 4 saturated carbocycles. The number of fused-ring (bicyclic) bond motifs is 5. The van der Waals surface area contributed by atoms with E-state index in [1.54, 1.807) is 19.2 Å². The molecule has 0 aromatic heterocycles. The Bertz CT molecular complexity index is 1110. The van der Waals surface area contributed by atoms with Gasteiger partial charge in [0.05, 0.1) is 6.10 Å². The standard InChI is InChI=1S/C37H55FO5/c1-23-16-17-36(4)27(18-23)20-32(43-22-41-6)33-29-14-13-28(37(29,5)25(3)19-30(33)36)24(2)12-15-31(39)34(38)35(40)42-21-26-10-8-7-9-11-26/h7-11,23-25,27-30,32-34H,12-22H2,1-6H3/t23-,24-,25+,27+,28-,29+,30+,32-,33+,34?,36+,37-/m1/s1. The van der Waals surface area contributed by atoms with Crippen LogP contribution in [0, 0.1) is 58.2 Å². The monoisotopic (exact) mass is 598 g/mol. The number of hydrogen-bond acceptors (Lipinski definition) is 5. The van der Waals surface area contributed by atoms with Gasteiger partial charge in [-0.15, -0.1) is 0 Å². The number of carbonyl (C=O) groups is 2. The average Bonchev–Trinajstić information content (AvgIpc) is 3.37. The number of alkyl halides is 1. The van der Waals surface area contributed by atoms with Gasteiger partial charge in [-0.3, -0.25) is 4.79 Å². The van der Waals surface area contributed by atoms with Crippen LogP contribution in [0.4, 0.5) is 4.39 Å². The summed E-state index contributed by atoms with van der Waals surface area (Å²) >= 11 is 0. The molecule has 4 aliphatic rings. The highest BCUT2D eigenvalue weighted by Crippen LogP contribution is 2.70. The van der Waals surface area contributed by atoms with Crippen molar-refractivity contribution in [2.75, 3.05) is 13.9 Å². The summed E-state index contributed by atoms with van der Waals surface area (Å²) in [6.45, 7) is 12.6. The molecule has 0 N–H and O–H groups in total. The van der Waals surface area contributed by atoms with Crippen molar-refractivity contribution in [3.05, 3.63) is 35.9 Å². The molecule has 1 unspecified atom stereocenters. The van der Waals surface area contributed by atoms with E-state index in [0.717, 1.165) is 24.3 Å². The number of methoxy groups -OCH3 is 1. The molecule has 240 valence electrons. The minimum Gasteiger partial charge on any atom is -0.458 e. The third kappa shape index (κ3) is 6.21. The number of benzene rings is 1. The van der Waals surface area contributed by atoms with E-state index in [0.29, 0.717) is 54.1 Å². The molecule has 1 aromatic carbocycles. The normalized spacial score (nSPS) is 40.1. The Morgan fingerprint density at radius 3 is 2.49 bits per heavy atom. The van der Waals surface area contributed by atoms with Gasteiger partial charge in [0.15, 0.2) is 5.78 Å². The summed E-state index contributed by atoms with van der Waals surface area (Å²) in [6.07, 6.45) is 7.34. The molecule has 0 amide bonds. The lowest BCUT2D eigenvalue weighted by Gasteiger charge is -2.65. The van der Waals surface area contributed by atoms with E-state index in [-0.39, 0.29) is 30.5 Å². The SMILES string of the molecule is COCO[C@@H]1C[C@@H]2C[C@H](C)CC[C@]2(C)[C@H]2C[C@H](C)[C@]3(C)[C@@H]([C@H](C)CCC(=O)C(F)C(=O)OCc4ccccc4)CC[C@H]3[C@H]12. The lowest BCUT2D eigenvalue weighted by atomic mass is 9.41. The van der Waals surface area contributed by atoms with Crippen LogP contribution in [0.3, 0.4) is 0 Å². The van der Waals surface area contributed by atoms with Crippen molar-refractivity contribution in [2.45, 2.75) is 111 Å². The second-order valence-electron chi connectivity index (χ2n) is 15.3. The highest BCUT2D eigenvalue weighted by molar-refractivity contribution is 6.01. The number of esters is 1. The number of ether oxygens (including phenoxy) is 3. The van der Waals surface area contributed by atoms with E-state index in [1.165, 1.54) is 32.1 Å². The Labute approximate surface area is 259 Å². The second kappa shape index (κ2) is 13.3. The van der Waals surface area contributed by atoms with Crippen molar-refractivity contribution in [3.63, 3.8) is 0 Å². The van der Waals surface area contributed by atoms with Gasteiger partial charge in [0.2, 0.25) is 0 Å². The highest BCUT2D eigenvalue weighted by Gasteiger charge is 2.65. The van der Waals surface area contributed by atoms with E-state index >= 15 is 0 Å². The predicted octanol–water partition coefficient (Wildman–Crippen LogP) is 8.19. The van der Waals surface area contributed by atoms with Crippen LogP contribution >= 0.6 is 0 Å². The second-order valence-corrected chi connectivity index (χ2v) is 15.3. The molecule has 5 rings (SSSR count). The molecule has 0 bridgehead atoms. The van der Waals surface area contributed by atoms with Crippen molar-refractivity contribution in [2.24, 2.45) is 58.2 Å². The number of Topliss-reactive ketones (excluding diaryl/α,β-unsaturated/α-hetero) is 1. The van der Waals surface area contributed by atoms with Gasteiger partial charge >= 0.3 is 5.97 Å². The largest absolute Gasteiger partial charge is 0.458 e. The van der Waals surface area contributed by atoms with Crippen LogP contribution in [0.15, 0.2) is 30.3 Å². The first-order chi connectivity index (χ1) is 20.5. The summed E-state index contributed by atoms with van der Waals surface area (Å²) in [7, 11) is 1.72. The lowest BCUT2D eigenvalue weighted by Crippen LogP contribution is -2.60. The molecule has 0 saturated heterocycles. The number of hydrogen-bond donors (Lipinski definition) is 0. The molecule has 12 atom stereocenters. The molecule has 1 aromatic rings. The minimum atomic E-state index is -2.22. The van der Waals surface area contributed by atoms with Crippen LogP contribution in [-0.4, -0.2) is 37.9 Å². The Morgan fingerprint density at radius 1 is 1.02 bits per heavy atom. The van der Waals surface area contributed by atoms with Gasteiger partial charge in [-0.1, -0.05) is 71.4 Å². The molecule has 43 heavy (non-hydrogen) atoms. The van der Waals surface area contributed by atoms with Crippen molar-refractivity contribution >= 4 is 11.8 Å². The van der Waals surface area contributed by atoms with Crippen molar-refractivity contribution in [1.29, 1.82) is 0 Å². The first-order valence-corrected chi connectivity index (χ1v) is 17.0. The fraction of sp³-hybridized carbons (Fsp3) is 0.784. The Kier molecular flexibility index (Phi) is 10.1. The van der Waals surface area contributed by atoms with E-state index in [4.69, 9.17) is 14.2 Å². The predicted molar refractivity (Wildman–Crippen MR) is 166 cm³/mol. The Morgan fingerprint density at radius 2 is 1.77 bits per heavy atom. The Balaban J connectivity index is 1.25. The van der Waals surface area contributed by atoms with Crippen LogP contribution in [0.25, 0.3) is 0 Å². The minimum absolute atomic E-state index is 0.0282. The summed E-state index contributed by atoms with van der Waals surface area (Å²) in [4.78, 5) is 25.0. The number of rotatable bonds is 11. The van der Waals surface area contributed by atoms with Crippen LogP contribution in [-0.2, 0) is 30.4 Å². The molecule has 0 radical (unpaired) electrons. The van der Waals surface area contributed by atoms with E-state index < -0.39 is 17.9 Å². The average molecular weight is 599 g/mol. The topological polar surface area (TPSA) is 61.8 Å². The molecular weight excluding hydrogens is 543 g/mol. The van der Waals surface area contributed by atoms with E-state index in [9.17, 15) is 14.0 Å². The fourth-order valence-electron chi connectivity index (χ4n) is 10.7. The maximum Gasteiger partial charge on any atom is 0.348 e. The zero-order valence-electron chi connectivity index (χ0n) is 27.4. The molecule has 4 aliphatic carbocycles. The molecule has 0 spiro atoms. The highest BCUT2D eigenvalue weighted by atomic mass is 19.1. The first kappa shape index (κ1) is 32.6. The smallest absolute Gasteiger partial charge is 0.348 e. The summed E-state index contributed by atoms with van der Waals surface area (Å²) in [5, 5.41) is 0. The molecule has 0 aliphatic heterocycles. The number of ketones is 1. The molecule has 0 heterocycles. The van der Waals surface area contributed by atoms with Crippen LogP contribution < -0.4 is 0 Å². The van der Waals surface area contributed by atoms with Crippen molar-refractivity contribution in [3.8, 4) is 0 Å². The van der Waals surface area contributed by atoms with Gasteiger partial charge in [0.1, 0.15) is 13.4 Å². The summed E-state index contributed by atoms with van der Waals surface area (Å²) in [5.74, 6) is 2.84. The number of halogens is 1. The van der Waals surface area contributed by atoms with Crippen LogP contribution in [0.2, 0.25) is 0 Å². The zero-order valence-corrected chi connectivity index (χ0v) is 27.4. The van der Waals surface area contributed by atoms with Crippen molar-refractivity contribution in [1.82, 2.24) is 0 Å².